The number of aliphatic carboxylic acids is 1. The van der Waals surface area contributed by atoms with Crippen LogP contribution in [0.5, 0.6) is 0 Å². The van der Waals surface area contributed by atoms with E-state index in [1.165, 1.54) is 4.90 Å². The molecule has 0 unspecified atom stereocenters. The van der Waals surface area contributed by atoms with Gasteiger partial charge in [0.2, 0.25) is 0 Å². The number of hydrogen-bond acceptors (Lipinski definition) is 2. The van der Waals surface area contributed by atoms with E-state index >= 15 is 0 Å². The Morgan fingerprint density at radius 3 is 2.50 bits per heavy atom. The second kappa shape index (κ2) is 5.70. The molecule has 0 aromatic heterocycles. The van der Waals surface area contributed by atoms with Crippen molar-refractivity contribution in [2.45, 2.75) is 24.7 Å². The van der Waals surface area contributed by atoms with Crippen LogP contribution in [-0.2, 0) is 11.2 Å². The van der Waals surface area contributed by atoms with E-state index in [-0.39, 0.29) is 6.42 Å². The molecule has 2 nitrogen and oxygen atoms in total. The second-order valence-electron chi connectivity index (χ2n) is 3.06. The van der Waals surface area contributed by atoms with Crippen molar-refractivity contribution >= 4 is 17.7 Å². The van der Waals surface area contributed by atoms with Crippen LogP contribution in [0.2, 0.25) is 0 Å². The minimum absolute atomic E-state index is 0.110. The maximum atomic E-state index is 10.4. The van der Waals surface area contributed by atoms with E-state index in [1.807, 2.05) is 24.3 Å². The molecule has 1 N–H and O–H groups in total. The van der Waals surface area contributed by atoms with Crippen molar-refractivity contribution in [1.82, 2.24) is 0 Å². The summed E-state index contributed by atoms with van der Waals surface area (Å²) >= 11 is 1.80. The lowest BCUT2D eigenvalue weighted by molar-refractivity contribution is -0.136. The van der Waals surface area contributed by atoms with Gasteiger partial charge in [-0.25, -0.2) is 0 Å². The zero-order valence-corrected chi connectivity index (χ0v) is 9.01. The van der Waals surface area contributed by atoms with Crippen molar-refractivity contribution in [1.29, 1.82) is 0 Å². The predicted octanol–water partition coefficient (Wildman–Crippen LogP) is 2.82. The Morgan fingerprint density at radius 2 is 2.00 bits per heavy atom. The Kier molecular flexibility index (Phi) is 4.53. The third kappa shape index (κ3) is 3.83. The molecule has 76 valence electrons. The topological polar surface area (TPSA) is 37.3 Å². The summed E-state index contributed by atoms with van der Waals surface area (Å²) in [6, 6.07) is 7.73. The first-order valence-corrected chi connectivity index (χ1v) is 5.64. The van der Waals surface area contributed by atoms with Crippen molar-refractivity contribution < 1.29 is 9.90 Å². The maximum Gasteiger partial charge on any atom is 0.307 e. The molecule has 0 heterocycles. The summed E-state index contributed by atoms with van der Waals surface area (Å²) in [7, 11) is 0. The first-order valence-electron chi connectivity index (χ1n) is 4.66. The van der Waals surface area contributed by atoms with Gasteiger partial charge in [-0.15, -0.1) is 11.8 Å². The summed E-state index contributed by atoms with van der Waals surface area (Å²) in [6.07, 6.45) is 1.26. The number of rotatable bonds is 5. The van der Waals surface area contributed by atoms with Gasteiger partial charge in [0.05, 0.1) is 6.42 Å². The standard InChI is InChI=1S/C11H14O2S/c1-2-7-14-10-5-3-9(4-6-10)8-11(12)13/h3-6H,2,7-8H2,1H3,(H,12,13). The van der Waals surface area contributed by atoms with Crippen LogP contribution >= 0.6 is 11.8 Å². The molecule has 1 aromatic rings. The molecule has 1 rings (SSSR count). The number of carbonyl (C=O) groups is 1. The highest BCUT2D eigenvalue weighted by Gasteiger charge is 1.99. The maximum absolute atomic E-state index is 10.4. The molecule has 0 atom stereocenters. The van der Waals surface area contributed by atoms with E-state index in [9.17, 15) is 4.79 Å². The smallest absolute Gasteiger partial charge is 0.307 e. The number of hydrogen-bond donors (Lipinski definition) is 1. The number of benzene rings is 1. The van der Waals surface area contributed by atoms with Crippen LogP contribution in [0.15, 0.2) is 29.2 Å². The fraction of sp³-hybridized carbons (Fsp3) is 0.364. The van der Waals surface area contributed by atoms with E-state index in [0.717, 1.165) is 17.7 Å². The monoisotopic (exact) mass is 210 g/mol. The van der Waals surface area contributed by atoms with Crippen LogP contribution in [0.25, 0.3) is 0 Å². The van der Waals surface area contributed by atoms with Gasteiger partial charge in [-0.2, -0.15) is 0 Å². The van der Waals surface area contributed by atoms with E-state index in [0.29, 0.717) is 0 Å². The largest absolute Gasteiger partial charge is 0.481 e. The minimum Gasteiger partial charge on any atom is -0.481 e. The third-order valence-corrected chi connectivity index (χ3v) is 2.97. The van der Waals surface area contributed by atoms with Crippen LogP contribution in [0.4, 0.5) is 0 Å². The molecule has 0 bridgehead atoms. The zero-order valence-electron chi connectivity index (χ0n) is 8.19. The molecule has 3 heteroatoms. The highest BCUT2D eigenvalue weighted by atomic mass is 32.2. The molecule has 0 aliphatic heterocycles. The molecule has 14 heavy (non-hydrogen) atoms. The van der Waals surface area contributed by atoms with Crippen molar-refractivity contribution in [3.05, 3.63) is 29.8 Å². The summed E-state index contributed by atoms with van der Waals surface area (Å²) in [5.41, 5.74) is 0.860. The van der Waals surface area contributed by atoms with Crippen LogP contribution in [-0.4, -0.2) is 16.8 Å². The highest BCUT2D eigenvalue weighted by molar-refractivity contribution is 7.99. The van der Waals surface area contributed by atoms with Crippen LogP contribution in [0.3, 0.4) is 0 Å². The fourth-order valence-corrected chi connectivity index (χ4v) is 1.87. The van der Waals surface area contributed by atoms with Crippen molar-refractivity contribution in [3.63, 3.8) is 0 Å². The second-order valence-corrected chi connectivity index (χ2v) is 4.23. The molecule has 0 aliphatic rings. The fourth-order valence-electron chi connectivity index (χ4n) is 1.10. The molecule has 0 radical (unpaired) electrons. The van der Waals surface area contributed by atoms with Gasteiger partial charge < -0.3 is 5.11 Å². The Hall–Kier alpha value is -0.960. The van der Waals surface area contributed by atoms with Crippen LogP contribution in [0.1, 0.15) is 18.9 Å². The average Bonchev–Trinajstić information content (AvgIpc) is 2.16. The van der Waals surface area contributed by atoms with Gasteiger partial charge in [-0.3, -0.25) is 4.79 Å². The summed E-state index contributed by atoms with van der Waals surface area (Å²) in [5, 5.41) is 8.57. The molecule has 0 aliphatic carbocycles. The number of thioether (sulfide) groups is 1. The molecular formula is C11H14O2S. The lowest BCUT2D eigenvalue weighted by atomic mass is 10.2. The minimum atomic E-state index is -0.779. The van der Waals surface area contributed by atoms with Crippen molar-refractivity contribution in [2.24, 2.45) is 0 Å². The molecule has 0 saturated heterocycles. The van der Waals surface area contributed by atoms with E-state index in [1.54, 1.807) is 11.8 Å². The van der Waals surface area contributed by atoms with Gasteiger partial charge in [0.1, 0.15) is 0 Å². The SMILES string of the molecule is CCCSc1ccc(CC(=O)O)cc1. The van der Waals surface area contributed by atoms with Crippen LogP contribution in [0, 0.1) is 0 Å². The summed E-state index contributed by atoms with van der Waals surface area (Å²) in [6.45, 7) is 2.14. The Balaban J connectivity index is 2.54. The van der Waals surface area contributed by atoms with E-state index in [2.05, 4.69) is 6.92 Å². The molecular weight excluding hydrogens is 196 g/mol. The van der Waals surface area contributed by atoms with Crippen molar-refractivity contribution in [2.75, 3.05) is 5.75 Å². The van der Waals surface area contributed by atoms with Crippen molar-refractivity contribution in [3.8, 4) is 0 Å². The van der Waals surface area contributed by atoms with Gasteiger partial charge in [-0.1, -0.05) is 19.1 Å². The quantitative estimate of drug-likeness (QED) is 0.759. The lowest BCUT2D eigenvalue weighted by Gasteiger charge is -2.01. The lowest BCUT2D eigenvalue weighted by Crippen LogP contribution is -1.99. The summed E-state index contributed by atoms with van der Waals surface area (Å²) in [5.74, 6) is 0.331. The van der Waals surface area contributed by atoms with Gasteiger partial charge in [0.25, 0.3) is 0 Å². The Labute approximate surface area is 88.3 Å². The average molecular weight is 210 g/mol. The molecule has 0 saturated carbocycles. The van der Waals surface area contributed by atoms with Gasteiger partial charge in [0, 0.05) is 4.90 Å². The van der Waals surface area contributed by atoms with E-state index in [4.69, 9.17) is 5.11 Å². The molecule has 0 spiro atoms. The summed E-state index contributed by atoms with van der Waals surface area (Å²) < 4.78 is 0. The first kappa shape index (κ1) is 11.1. The normalized spacial score (nSPS) is 10.1. The Morgan fingerprint density at radius 1 is 1.36 bits per heavy atom. The predicted molar refractivity (Wildman–Crippen MR) is 58.8 cm³/mol. The zero-order chi connectivity index (χ0) is 10.4. The molecule has 1 aromatic carbocycles. The van der Waals surface area contributed by atoms with Crippen LogP contribution < -0.4 is 0 Å². The number of carboxylic acid groups (broad SMARTS) is 1. The molecule has 0 amide bonds. The molecule has 0 fully saturated rings. The van der Waals surface area contributed by atoms with Gasteiger partial charge in [-0.05, 0) is 29.9 Å². The number of carboxylic acids is 1. The highest BCUT2D eigenvalue weighted by Crippen LogP contribution is 2.19. The van der Waals surface area contributed by atoms with E-state index < -0.39 is 5.97 Å². The first-order chi connectivity index (χ1) is 6.72. The van der Waals surface area contributed by atoms with Gasteiger partial charge >= 0.3 is 5.97 Å². The van der Waals surface area contributed by atoms with Gasteiger partial charge in [0.15, 0.2) is 0 Å². The Bertz CT molecular complexity index is 293. The third-order valence-electron chi connectivity index (χ3n) is 1.75. The summed E-state index contributed by atoms with van der Waals surface area (Å²) in [4.78, 5) is 11.6.